The van der Waals surface area contributed by atoms with Crippen LogP contribution in [0.2, 0.25) is 0 Å². The molecule has 8 heteroatoms. The van der Waals surface area contributed by atoms with E-state index in [4.69, 9.17) is 20.0 Å². The van der Waals surface area contributed by atoms with Gasteiger partial charge in [0.2, 0.25) is 0 Å². The van der Waals surface area contributed by atoms with E-state index in [1.54, 1.807) is 7.05 Å². The quantitative estimate of drug-likeness (QED) is 0.250. The molecule has 0 atom stereocenters. The molecule has 1 aromatic heterocycles. The van der Waals surface area contributed by atoms with E-state index in [9.17, 15) is 0 Å². The van der Waals surface area contributed by atoms with Gasteiger partial charge in [0, 0.05) is 71.5 Å². The molecule has 8 rings (SSSR count). The van der Waals surface area contributed by atoms with Crippen LogP contribution in [0.3, 0.4) is 0 Å². The van der Waals surface area contributed by atoms with Crippen LogP contribution in [0, 0.1) is 0 Å². The van der Waals surface area contributed by atoms with Crippen LogP contribution in [0.25, 0.3) is 10.8 Å². The minimum absolute atomic E-state index is 0.614. The van der Waals surface area contributed by atoms with Crippen molar-refractivity contribution >= 4 is 57.8 Å². The molecule has 4 heterocycles. The van der Waals surface area contributed by atoms with Crippen LogP contribution in [0.5, 0.6) is 0 Å². The fraction of sp³-hybridized carbons (Fsp3) is 0.0857. The summed E-state index contributed by atoms with van der Waals surface area (Å²) in [6, 6.07) is 32.6. The maximum atomic E-state index is 5.16. The van der Waals surface area contributed by atoms with E-state index < -0.39 is 0 Å². The maximum absolute atomic E-state index is 5.16. The van der Waals surface area contributed by atoms with Gasteiger partial charge in [0.25, 0.3) is 0 Å². The Bertz CT molecular complexity index is 2170. The normalized spacial score (nSPS) is 18.8. The molecule has 0 N–H and O–H groups in total. The van der Waals surface area contributed by atoms with E-state index in [1.165, 1.54) is 0 Å². The van der Waals surface area contributed by atoms with Crippen LogP contribution in [-0.2, 0) is 7.05 Å². The third-order valence-corrected chi connectivity index (χ3v) is 8.08. The standard InChI is InChI=1S/C35H26N8/c1-36-32-25-16-8-9-17-26(25)34(42(32)2)40-30-23-14-6-7-15-24(23)31(38-30)41-35-28-19-11-10-18-27(28)33(43(35)3)39-29-22-13-5-4-12-21(22)20-37-29/h4-20H,1-3H3. The zero-order chi connectivity index (χ0) is 29.1. The average molecular weight is 559 g/mol. The predicted octanol–water partition coefficient (Wildman–Crippen LogP) is 6.30. The molecule has 5 aromatic rings. The first-order chi connectivity index (χ1) is 21.1. The highest BCUT2D eigenvalue weighted by Gasteiger charge is 2.31. The number of aromatic nitrogens is 1. The van der Waals surface area contributed by atoms with E-state index in [0.29, 0.717) is 17.5 Å². The summed E-state index contributed by atoms with van der Waals surface area (Å²) in [5.41, 5.74) is 6.06. The van der Waals surface area contributed by atoms with Crippen molar-refractivity contribution in [2.24, 2.45) is 37.0 Å². The molecule has 3 aliphatic heterocycles. The highest BCUT2D eigenvalue weighted by Crippen LogP contribution is 2.39. The Labute approximate surface area is 248 Å². The van der Waals surface area contributed by atoms with Crippen molar-refractivity contribution in [3.8, 4) is 0 Å². The number of rotatable bonds is 2. The topological polar surface area (TPSA) is 82.3 Å². The summed E-state index contributed by atoms with van der Waals surface area (Å²) in [4.78, 5) is 31.4. The molecule has 3 aliphatic rings. The highest BCUT2D eigenvalue weighted by molar-refractivity contribution is 6.31. The van der Waals surface area contributed by atoms with Crippen LogP contribution in [0.15, 0.2) is 127 Å². The number of nitrogens with zero attached hydrogens (tertiary/aromatic N) is 8. The molecule has 0 spiro atoms. The van der Waals surface area contributed by atoms with Crippen molar-refractivity contribution in [2.75, 3.05) is 14.1 Å². The molecular formula is C35H26N8. The van der Waals surface area contributed by atoms with E-state index in [1.807, 2.05) is 90.4 Å². The SMILES string of the molecule is CN=C1c2ccccc2C(=NC2=NC(=Nc3c4ccccc4c(N=C4N=Cc5ccccc54)n3C)c3ccccc32)N1C. The van der Waals surface area contributed by atoms with E-state index in [0.717, 1.165) is 67.5 Å². The second-order valence-corrected chi connectivity index (χ2v) is 10.5. The van der Waals surface area contributed by atoms with E-state index in [2.05, 4.69) is 46.4 Å². The lowest BCUT2D eigenvalue weighted by atomic mass is 10.1. The van der Waals surface area contributed by atoms with Crippen molar-refractivity contribution in [3.05, 3.63) is 130 Å². The molecule has 206 valence electrons. The first-order valence-corrected chi connectivity index (χ1v) is 14.1. The van der Waals surface area contributed by atoms with Crippen molar-refractivity contribution in [1.29, 1.82) is 0 Å². The summed E-state index contributed by atoms with van der Waals surface area (Å²) in [5, 5.41) is 2.00. The Kier molecular flexibility index (Phi) is 5.62. The Hall–Kier alpha value is -5.76. The number of aliphatic imine (C=N–C) groups is 6. The van der Waals surface area contributed by atoms with E-state index in [-0.39, 0.29) is 0 Å². The number of benzene rings is 4. The lowest BCUT2D eigenvalue weighted by Gasteiger charge is -2.13. The summed E-state index contributed by atoms with van der Waals surface area (Å²) in [7, 11) is 5.79. The van der Waals surface area contributed by atoms with Gasteiger partial charge in [0.05, 0.1) is 0 Å². The van der Waals surface area contributed by atoms with Crippen molar-refractivity contribution < 1.29 is 0 Å². The van der Waals surface area contributed by atoms with Crippen LogP contribution >= 0.6 is 0 Å². The van der Waals surface area contributed by atoms with Crippen molar-refractivity contribution in [3.63, 3.8) is 0 Å². The molecule has 0 radical (unpaired) electrons. The van der Waals surface area contributed by atoms with Crippen LogP contribution < -0.4 is 0 Å². The van der Waals surface area contributed by atoms with Gasteiger partial charge in [-0.25, -0.2) is 25.0 Å². The van der Waals surface area contributed by atoms with E-state index >= 15 is 0 Å². The average Bonchev–Trinajstić information content (AvgIpc) is 3.76. The molecule has 0 aliphatic carbocycles. The molecule has 0 bridgehead atoms. The Balaban J connectivity index is 1.28. The Morgan fingerprint density at radius 1 is 0.558 bits per heavy atom. The number of hydrogen-bond donors (Lipinski definition) is 0. The smallest absolute Gasteiger partial charge is 0.164 e. The minimum atomic E-state index is 0.614. The maximum Gasteiger partial charge on any atom is 0.164 e. The monoisotopic (exact) mass is 558 g/mol. The number of hydrogen-bond acceptors (Lipinski definition) is 4. The molecule has 0 fully saturated rings. The van der Waals surface area contributed by atoms with Crippen LogP contribution in [0.1, 0.15) is 33.4 Å². The van der Waals surface area contributed by atoms with Gasteiger partial charge in [-0.1, -0.05) is 97.1 Å². The number of amidine groups is 5. The van der Waals surface area contributed by atoms with Gasteiger partial charge in [-0.2, -0.15) is 0 Å². The first kappa shape index (κ1) is 25.0. The fourth-order valence-corrected chi connectivity index (χ4v) is 6.01. The summed E-state index contributed by atoms with van der Waals surface area (Å²) >= 11 is 0. The van der Waals surface area contributed by atoms with Crippen molar-refractivity contribution in [1.82, 2.24) is 9.47 Å². The zero-order valence-corrected chi connectivity index (χ0v) is 23.9. The Morgan fingerprint density at radius 3 is 1.81 bits per heavy atom. The molecule has 0 saturated carbocycles. The van der Waals surface area contributed by atoms with Gasteiger partial charge in [-0.3, -0.25) is 4.99 Å². The third-order valence-electron chi connectivity index (χ3n) is 8.08. The van der Waals surface area contributed by atoms with Gasteiger partial charge in [0.1, 0.15) is 23.3 Å². The molecule has 0 amide bonds. The van der Waals surface area contributed by atoms with Crippen molar-refractivity contribution in [2.45, 2.75) is 0 Å². The summed E-state index contributed by atoms with van der Waals surface area (Å²) in [5.74, 6) is 5.20. The second-order valence-electron chi connectivity index (χ2n) is 10.5. The minimum Gasteiger partial charge on any atom is -0.313 e. The summed E-state index contributed by atoms with van der Waals surface area (Å²) < 4.78 is 2.02. The predicted molar refractivity (Wildman–Crippen MR) is 176 cm³/mol. The molecule has 8 nitrogen and oxygen atoms in total. The van der Waals surface area contributed by atoms with Gasteiger partial charge in [-0.05, 0) is 0 Å². The fourth-order valence-electron chi connectivity index (χ4n) is 6.01. The van der Waals surface area contributed by atoms with Gasteiger partial charge in [-0.15, -0.1) is 0 Å². The molecule has 43 heavy (non-hydrogen) atoms. The first-order valence-electron chi connectivity index (χ1n) is 14.1. The third kappa shape index (κ3) is 3.84. The molecular weight excluding hydrogens is 532 g/mol. The van der Waals surface area contributed by atoms with Gasteiger partial charge < -0.3 is 9.47 Å². The number of fused-ring (bicyclic) bond motifs is 4. The lowest BCUT2D eigenvalue weighted by Crippen LogP contribution is -2.27. The van der Waals surface area contributed by atoms with Gasteiger partial charge >= 0.3 is 0 Å². The van der Waals surface area contributed by atoms with Crippen LogP contribution in [-0.4, -0.2) is 59.0 Å². The van der Waals surface area contributed by atoms with Crippen LogP contribution in [0.4, 0.5) is 11.6 Å². The van der Waals surface area contributed by atoms with Gasteiger partial charge in [0.15, 0.2) is 17.5 Å². The summed E-state index contributed by atoms with van der Waals surface area (Å²) in [6.45, 7) is 0. The molecule has 0 saturated heterocycles. The zero-order valence-electron chi connectivity index (χ0n) is 23.9. The largest absolute Gasteiger partial charge is 0.313 e. The second kappa shape index (κ2) is 9.66. The lowest BCUT2D eigenvalue weighted by molar-refractivity contribution is 0.770. The summed E-state index contributed by atoms with van der Waals surface area (Å²) in [6.07, 6.45) is 1.86. The molecule has 4 aromatic carbocycles. The highest BCUT2D eigenvalue weighted by atomic mass is 15.2. The Morgan fingerprint density at radius 2 is 1.12 bits per heavy atom. The molecule has 0 unspecified atom stereocenters.